The highest BCUT2D eigenvalue weighted by atomic mass is 32.1. The van der Waals surface area contributed by atoms with Gasteiger partial charge in [-0.05, 0) is 6.92 Å². The third kappa shape index (κ3) is 1.81. The maximum Gasteiger partial charge on any atom is 0.333 e. The second-order valence-corrected chi connectivity index (χ2v) is 4.34. The van der Waals surface area contributed by atoms with Crippen LogP contribution in [0.3, 0.4) is 0 Å². The van der Waals surface area contributed by atoms with E-state index >= 15 is 0 Å². The van der Waals surface area contributed by atoms with Gasteiger partial charge >= 0.3 is 5.97 Å². The highest BCUT2D eigenvalue weighted by Gasteiger charge is 2.21. The van der Waals surface area contributed by atoms with Crippen LogP contribution >= 0.6 is 11.3 Å². The van der Waals surface area contributed by atoms with Crippen LogP contribution in [0.5, 0.6) is 0 Å². The minimum absolute atomic E-state index is 0.329. The molecule has 0 aliphatic heterocycles. The summed E-state index contributed by atoms with van der Waals surface area (Å²) >= 11 is 1.53. The molecular weight excluding hydrogens is 228 g/mol. The highest BCUT2D eigenvalue weighted by Crippen LogP contribution is 2.18. The summed E-state index contributed by atoms with van der Waals surface area (Å²) in [5, 5.41) is 10.9. The Labute approximate surface area is 96.3 Å². The second-order valence-electron chi connectivity index (χ2n) is 3.47. The summed E-state index contributed by atoms with van der Waals surface area (Å²) in [6, 6.07) is 0. The van der Waals surface area contributed by atoms with E-state index in [-0.39, 0.29) is 0 Å². The van der Waals surface area contributed by atoms with Crippen molar-refractivity contribution >= 4 is 22.3 Å². The predicted molar refractivity (Wildman–Crippen MR) is 59.9 cm³/mol. The molecule has 0 aromatic carbocycles. The van der Waals surface area contributed by atoms with Gasteiger partial charge in [-0.2, -0.15) is 0 Å². The number of hydrogen-bond donors (Lipinski definition) is 1. The van der Waals surface area contributed by atoms with Gasteiger partial charge in [0, 0.05) is 30.8 Å². The topological polar surface area (TPSA) is 63.8 Å². The zero-order valence-corrected chi connectivity index (χ0v) is 9.82. The van der Waals surface area contributed by atoms with Gasteiger partial charge < -0.3 is 9.84 Å². The number of aliphatic carboxylic acids is 1. The van der Waals surface area contributed by atoms with Crippen molar-refractivity contribution in [2.24, 2.45) is 0 Å². The average Bonchev–Trinajstić information content (AvgIpc) is 2.75. The monoisotopic (exact) mass is 240 g/mol. The van der Waals surface area contributed by atoms with Crippen LogP contribution in [0.2, 0.25) is 0 Å². The summed E-state index contributed by atoms with van der Waals surface area (Å²) in [5.41, 5.74) is 1.75. The molecule has 0 amide bonds. The molecule has 0 saturated carbocycles. The Morgan fingerprint density at radius 2 is 2.50 bits per heavy atom. The smallest absolute Gasteiger partial charge is 0.333 e. The number of aromatic nitrogens is 2. The fourth-order valence-corrected chi connectivity index (χ4v) is 2.41. The normalized spacial score (nSPS) is 13.1. The number of carboxylic acids is 1. The van der Waals surface area contributed by atoms with Gasteiger partial charge in [0.25, 0.3) is 0 Å². The van der Waals surface area contributed by atoms with Gasteiger partial charge in [-0.1, -0.05) is 0 Å². The molecule has 1 N–H and O–H groups in total. The molecule has 0 aliphatic carbocycles. The van der Waals surface area contributed by atoms with E-state index in [4.69, 9.17) is 9.84 Å². The Morgan fingerprint density at radius 1 is 1.75 bits per heavy atom. The van der Waals surface area contributed by atoms with Crippen LogP contribution in [0.4, 0.5) is 0 Å². The molecule has 1 atom stereocenters. The first-order valence-corrected chi connectivity index (χ1v) is 5.68. The molecule has 0 spiro atoms. The number of carboxylic acid groups (broad SMARTS) is 1. The van der Waals surface area contributed by atoms with E-state index in [1.54, 1.807) is 0 Å². The van der Waals surface area contributed by atoms with Gasteiger partial charge in [-0.3, -0.25) is 4.40 Å². The molecule has 86 valence electrons. The number of rotatable bonds is 4. The maximum atomic E-state index is 10.9. The molecule has 0 aliphatic rings. The summed E-state index contributed by atoms with van der Waals surface area (Å²) in [6.45, 7) is 1.88. The number of aryl methyl sites for hydroxylation is 1. The van der Waals surface area contributed by atoms with E-state index < -0.39 is 12.1 Å². The lowest BCUT2D eigenvalue weighted by Crippen LogP contribution is -2.25. The Hall–Kier alpha value is -1.40. The fourth-order valence-electron chi connectivity index (χ4n) is 1.63. The lowest BCUT2D eigenvalue weighted by atomic mass is 10.1. The van der Waals surface area contributed by atoms with Crippen LogP contribution in [0.25, 0.3) is 4.96 Å². The first-order chi connectivity index (χ1) is 7.63. The molecule has 0 bridgehead atoms. The number of fused-ring (bicyclic) bond motifs is 1. The van der Waals surface area contributed by atoms with Crippen LogP contribution in [0.1, 0.15) is 11.4 Å². The minimum Gasteiger partial charge on any atom is -0.479 e. The standard InChI is InChI=1S/C10H12N2O3S/c1-6-7(5-8(15-2)9(13)14)12-3-4-16-10(12)11-6/h3-4,8H,5H2,1-2H3,(H,13,14). The van der Waals surface area contributed by atoms with Gasteiger partial charge in [0.05, 0.1) is 5.69 Å². The molecule has 16 heavy (non-hydrogen) atoms. The number of methoxy groups -OCH3 is 1. The van der Waals surface area contributed by atoms with Crippen LogP contribution in [0.15, 0.2) is 11.6 Å². The number of hydrogen-bond acceptors (Lipinski definition) is 4. The zero-order chi connectivity index (χ0) is 11.7. The number of carbonyl (C=O) groups is 1. The van der Waals surface area contributed by atoms with E-state index in [1.807, 2.05) is 22.9 Å². The van der Waals surface area contributed by atoms with Crippen LogP contribution in [-0.4, -0.2) is 33.7 Å². The third-order valence-corrected chi connectivity index (χ3v) is 3.26. The first kappa shape index (κ1) is 11.1. The molecule has 2 heterocycles. The third-order valence-electron chi connectivity index (χ3n) is 2.50. The van der Waals surface area contributed by atoms with Gasteiger partial charge in [-0.15, -0.1) is 11.3 Å². The molecule has 2 rings (SSSR count). The van der Waals surface area contributed by atoms with Crippen molar-refractivity contribution < 1.29 is 14.6 Å². The summed E-state index contributed by atoms with van der Waals surface area (Å²) in [5.74, 6) is -0.952. The van der Waals surface area contributed by atoms with Gasteiger partial charge in [0.15, 0.2) is 11.1 Å². The molecule has 1 unspecified atom stereocenters. The summed E-state index contributed by atoms with van der Waals surface area (Å²) < 4.78 is 6.84. The van der Waals surface area contributed by atoms with Crippen molar-refractivity contribution in [3.05, 3.63) is 23.0 Å². The fraction of sp³-hybridized carbons (Fsp3) is 0.400. The second kappa shape index (κ2) is 4.23. The predicted octanol–water partition coefficient (Wildman–Crippen LogP) is 1.35. The summed E-state index contributed by atoms with van der Waals surface area (Å²) in [4.78, 5) is 16.1. The number of thiazole rings is 1. The van der Waals surface area contributed by atoms with Crippen molar-refractivity contribution in [2.75, 3.05) is 7.11 Å². The van der Waals surface area contributed by atoms with E-state index in [0.29, 0.717) is 6.42 Å². The summed E-state index contributed by atoms with van der Waals surface area (Å²) in [6.07, 6.45) is 1.40. The molecule has 0 saturated heterocycles. The Kier molecular flexibility index (Phi) is 2.93. The molecule has 5 nitrogen and oxygen atoms in total. The van der Waals surface area contributed by atoms with Crippen LogP contribution in [0, 0.1) is 6.92 Å². The van der Waals surface area contributed by atoms with Crippen molar-refractivity contribution in [3.63, 3.8) is 0 Å². The van der Waals surface area contributed by atoms with E-state index in [9.17, 15) is 4.79 Å². The molecule has 2 aromatic rings. The maximum absolute atomic E-state index is 10.9. The molecular formula is C10H12N2O3S. The Morgan fingerprint density at radius 3 is 3.12 bits per heavy atom. The lowest BCUT2D eigenvalue weighted by molar-refractivity contribution is -0.148. The Bertz CT molecular complexity index is 517. The van der Waals surface area contributed by atoms with Crippen LogP contribution < -0.4 is 0 Å². The molecule has 0 fully saturated rings. The van der Waals surface area contributed by atoms with Gasteiger partial charge in [0.2, 0.25) is 0 Å². The van der Waals surface area contributed by atoms with E-state index in [2.05, 4.69) is 4.98 Å². The lowest BCUT2D eigenvalue weighted by Gasteiger charge is -2.09. The van der Waals surface area contributed by atoms with Crippen molar-refractivity contribution in [3.8, 4) is 0 Å². The number of ether oxygens (including phenoxy) is 1. The largest absolute Gasteiger partial charge is 0.479 e. The molecule has 2 aromatic heterocycles. The number of imidazole rings is 1. The van der Waals surface area contributed by atoms with Crippen molar-refractivity contribution in [1.29, 1.82) is 0 Å². The summed E-state index contributed by atoms with van der Waals surface area (Å²) in [7, 11) is 1.40. The minimum atomic E-state index is -0.952. The Balaban J connectivity index is 2.35. The highest BCUT2D eigenvalue weighted by molar-refractivity contribution is 7.15. The van der Waals surface area contributed by atoms with Crippen molar-refractivity contribution in [2.45, 2.75) is 19.4 Å². The van der Waals surface area contributed by atoms with Gasteiger partial charge in [0.1, 0.15) is 0 Å². The first-order valence-electron chi connectivity index (χ1n) is 4.80. The van der Waals surface area contributed by atoms with E-state index in [1.165, 1.54) is 18.4 Å². The van der Waals surface area contributed by atoms with E-state index in [0.717, 1.165) is 16.3 Å². The molecule has 6 heteroatoms. The zero-order valence-electron chi connectivity index (χ0n) is 9.01. The van der Waals surface area contributed by atoms with Crippen LogP contribution in [-0.2, 0) is 16.0 Å². The van der Waals surface area contributed by atoms with Gasteiger partial charge in [-0.25, -0.2) is 9.78 Å². The quantitative estimate of drug-likeness (QED) is 0.876. The molecule has 0 radical (unpaired) electrons. The number of nitrogens with zero attached hydrogens (tertiary/aromatic N) is 2. The SMILES string of the molecule is COC(Cc1c(C)nc2sccn12)C(=O)O. The average molecular weight is 240 g/mol. The van der Waals surface area contributed by atoms with Crippen molar-refractivity contribution in [1.82, 2.24) is 9.38 Å².